The van der Waals surface area contributed by atoms with Gasteiger partial charge in [0.2, 0.25) is 0 Å². The smallest absolute Gasteiger partial charge is 0.251 e. The van der Waals surface area contributed by atoms with Crippen LogP contribution in [0.5, 0.6) is 5.75 Å². The lowest BCUT2D eigenvalue weighted by Crippen LogP contribution is -2.58. The van der Waals surface area contributed by atoms with Crippen molar-refractivity contribution in [3.63, 3.8) is 0 Å². The summed E-state index contributed by atoms with van der Waals surface area (Å²) >= 11 is 0. The number of carbonyl (C=O) groups is 1. The number of rotatable bonds is 7. The maximum absolute atomic E-state index is 12.6. The molecule has 0 spiro atoms. The summed E-state index contributed by atoms with van der Waals surface area (Å²) in [4.78, 5) is 14.9. The highest BCUT2D eigenvalue weighted by molar-refractivity contribution is 5.94. The van der Waals surface area contributed by atoms with E-state index in [4.69, 9.17) is 14.0 Å². The molecular weight excluding hydrogens is 382 g/mol. The largest absolute Gasteiger partial charge is 0.497 e. The number of hydrogen-bond donors (Lipinski definition) is 1. The molecule has 1 amide bonds. The second kappa shape index (κ2) is 8.78. The Morgan fingerprint density at radius 1 is 1.27 bits per heavy atom. The Morgan fingerprint density at radius 2 is 2.00 bits per heavy atom. The lowest BCUT2D eigenvalue weighted by Gasteiger charge is -2.52. The number of nitrogens with zero attached hydrogens (tertiary/aromatic N) is 2. The third-order valence-electron chi connectivity index (χ3n) is 6.67. The molecule has 2 aromatic rings. The van der Waals surface area contributed by atoms with Gasteiger partial charge in [0, 0.05) is 30.8 Å². The van der Waals surface area contributed by atoms with Gasteiger partial charge in [-0.1, -0.05) is 19.0 Å². The zero-order valence-electron chi connectivity index (χ0n) is 18.0. The van der Waals surface area contributed by atoms with E-state index < -0.39 is 0 Å². The number of nitrogens with one attached hydrogen (secondary N) is 1. The van der Waals surface area contributed by atoms with Gasteiger partial charge in [-0.15, -0.1) is 0 Å². The van der Waals surface area contributed by atoms with Crippen LogP contribution in [0.15, 0.2) is 34.9 Å². The van der Waals surface area contributed by atoms with Crippen molar-refractivity contribution in [1.29, 1.82) is 0 Å². The monoisotopic (exact) mass is 413 g/mol. The Bertz CT molecular complexity index is 856. The van der Waals surface area contributed by atoms with E-state index in [2.05, 4.69) is 35.3 Å². The Hall–Kier alpha value is -2.38. The van der Waals surface area contributed by atoms with Gasteiger partial charge in [-0.3, -0.25) is 9.69 Å². The summed E-state index contributed by atoms with van der Waals surface area (Å²) in [6.07, 6.45) is 1.81. The van der Waals surface area contributed by atoms with E-state index in [0.29, 0.717) is 11.5 Å². The average Bonchev–Trinajstić information content (AvgIpc) is 3.20. The minimum Gasteiger partial charge on any atom is -0.497 e. The molecule has 1 aliphatic carbocycles. The molecule has 0 bridgehead atoms. The maximum atomic E-state index is 12.6. The zero-order valence-corrected chi connectivity index (χ0v) is 18.0. The van der Waals surface area contributed by atoms with Gasteiger partial charge >= 0.3 is 0 Å². The lowest BCUT2D eigenvalue weighted by atomic mass is 9.57. The minimum absolute atomic E-state index is 0.00541. The molecule has 4 rings (SSSR count). The third kappa shape index (κ3) is 4.52. The third-order valence-corrected chi connectivity index (χ3v) is 6.67. The standard InChI is InChI=1S/C23H31N3O4/c1-23(2)17(12-18-14-20(30-25-18)15-26-8-10-29-11-9-26)13-21(23)24-22(27)16-4-6-19(28-3)7-5-16/h4-7,14,17,21H,8-13,15H2,1-3H3,(H,24,27)/t17-,21+/m1/s1. The van der Waals surface area contributed by atoms with E-state index in [1.54, 1.807) is 19.2 Å². The molecule has 2 fully saturated rings. The summed E-state index contributed by atoms with van der Waals surface area (Å²) < 4.78 is 16.1. The van der Waals surface area contributed by atoms with Crippen molar-refractivity contribution in [2.24, 2.45) is 11.3 Å². The van der Waals surface area contributed by atoms with E-state index >= 15 is 0 Å². The predicted octanol–water partition coefficient (Wildman–Crippen LogP) is 2.90. The number of aromatic nitrogens is 1. The van der Waals surface area contributed by atoms with Crippen molar-refractivity contribution in [3.8, 4) is 5.75 Å². The SMILES string of the molecule is COc1ccc(C(=O)N[C@H]2C[C@@H](Cc3cc(CN4CCOCC4)on3)C2(C)C)cc1. The zero-order chi connectivity index (χ0) is 21.1. The Kier molecular flexibility index (Phi) is 6.11. The van der Waals surface area contributed by atoms with E-state index in [0.717, 1.165) is 62.9 Å². The summed E-state index contributed by atoms with van der Waals surface area (Å²) in [5.74, 6) is 2.08. The summed E-state index contributed by atoms with van der Waals surface area (Å²) in [5, 5.41) is 7.48. The van der Waals surface area contributed by atoms with Gasteiger partial charge in [-0.05, 0) is 48.4 Å². The van der Waals surface area contributed by atoms with E-state index in [-0.39, 0.29) is 17.4 Å². The van der Waals surface area contributed by atoms with Crippen LogP contribution < -0.4 is 10.1 Å². The molecule has 162 valence electrons. The highest BCUT2D eigenvalue weighted by Crippen LogP contribution is 2.47. The molecular formula is C23H31N3O4. The number of hydrogen-bond acceptors (Lipinski definition) is 6. The highest BCUT2D eigenvalue weighted by atomic mass is 16.5. The fourth-order valence-electron chi connectivity index (χ4n) is 4.35. The number of methoxy groups -OCH3 is 1. The number of amides is 1. The summed E-state index contributed by atoms with van der Waals surface area (Å²) in [7, 11) is 1.62. The molecule has 0 unspecified atom stereocenters. The first-order valence-electron chi connectivity index (χ1n) is 10.6. The molecule has 2 aliphatic rings. The van der Waals surface area contributed by atoms with Crippen LogP contribution in [-0.2, 0) is 17.7 Å². The van der Waals surface area contributed by atoms with Crippen molar-refractivity contribution in [3.05, 3.63) is 47.3 Å². The fourth-order valence-corrected chi connectivity index (χ4v) is 4.35. The van der Waals surface area contributed by atoms with Gasteiger partial charge in [0.25, 0.3) is 5.91 Å². The Balaban J connectivity index is 1.29. The number of carbonyl (C=O) groups excluding carboxylic acids is 1. The molecule has 1 aliphatic heterocycles. The van der Waals surface area contributed by atoms with Crippen LogP contribution >= 0.6 is 0 Å². The molecule has 2 heterocycles. The van der Waals surface area contributed by atoms with Crippen LogP contribution in [0.3, 0.4) is 0 Å². The summed E-state index contributed by atoms with van der Waals surface area (Å²) in [6, 6.07) is 9.43. The lowest BCUT2D eigenvalue weighted by molar-refractivity contribution is 0.0138. The van der Waals surface area contributed by atoms with Gasteiger partial charge < -0.3 is 19.3 Å². The van der Waals surface area contributed by atoms with Gasteiger partial charge in [0.1, 0.15) is 5.75 Å². The number of benzene rings is 1. The van der Waals surface area contributed by atoms with E-state index in [9.17, 15) is 4.79 Å². The summed E-state index contributed by atoms with van der Waals surface area (Å²) in [5.41, 5.74) is 1.65. The van der Waals surface area contributed by atoms with Crippen LogP contribution in [0.4, 0.5) is 0 Å². The second-order valence-corrected chi connectivity index (χ2v) is 8.89. The molecule has 7 heteroatoms. The normalized spacial score (nSPS) is 23.6. The molecule has 1 aromatic heterocycles. The van der Waals surface area contributed by atoms with Crippen molar-refractivity contribution in [2.45, 2.75) is 39.3 Å². The first-order valence-corrected chi connectivity index (χ1v) is 10.6. The molecule has 30 heavy (non-hydrogen) atoms. The first-order chi connectivity index (χ1) is 14.5. The van der Waals surface area contributed by atoms with Gasteiger partial charge in [0.15, 0.2) is 5.76 Å². The van der Waals surface area contributed by atoms with Crippen molar-refractivity contribution in [2.75, 3.05) is 33.4 Å². The molecule has 1 saturated heterocycles. The fraction of sp³-hybridized carbons (Fsp3) is 0.565. The van der Waals surface area contributed by atoms with E-state index in [1.165, 1.54) is 0 Å². The topological polar surface area (TPSA) is 76.8 Å². The van der Waals surface area contributed by atoms with Gasteiger partial charge in [0.05, 0.1) is 32.6 Å². The van der Waals surface area contributed by atoms with Gasteiger partial charge in [-0.25, -0.2) is 0 Å². The molecule has 0 radical (unpaired) electrons. The molecule has 1 saturated carbocycles. The molecule has 2 atom stereocenters. The van der Waals surface area contributed by atoms with Crippen molar-refractivity contribution < 1.29 is 18.8 Å². The first kappa shape index (κ1) is 20.9. The van der Waals surface area contributed by atoms with Crippen molar-refractivity contribution >= 4 is 5.91 Å². The Labute approximate surface area is 177 Å². The van der Waals surface area contributed by atoms with Crippen LogP contribution in [-0.4, -0.2) is 55.4 Å². The molecule has 1 N–H and O–H groups in total. The van der Waals surface area contributed by atoms with Crippen LogP contribution in [0, 0.1) is 11.3 Å². The second-order valence-electron chi connectivity index (χ2n) is 8.89. The molecule has 7 nitrogen and oxygen atoms in total. The minimum atomic E-state index is -0.0385. The highest BCUT2D eigenvalue weighted by Gasteiger charge is 2.48. The quantitative estimate of drug-likeness (QED) is 0.752. The average molecular weight is 414 g/mol. The predicted molar refractivity (Wildman–Crippen MR) is 112 cm³/mol. The maximum Gasteiger partial charge on any atom is 0.251 e. The van der Waals surface area contributed by atoms with Crippen LogP contribution in [0.1, 0.15) is 42.1 Å². The number of morpholine rings is 1. The van der Waals surface area contributed by atoms with E-state index in [1.807, 2.05) is 12.1 Å². The Morgan fingerprint density at radius 3 is 2.67 bits per heavy atom. The van der Waals surface area contributed by atoms with Gasteiger partial charge in [-0.2, -0.15) is 0 Å². The van der Waals surface area contributed by atoms with Crippen molar-refractivity contribution in [1.82, 2.24) is 15.4 Å². The van der Waals surface area contributed by atoms with Crippen LogP contribution in [0.2, 0.25) is 0 Å². The number of ether oxygens (including phenoxy) is 2. The summed E-state index contributed by atoms with van der Waals surface area (Å²) in [6.45, 7) is 8.64. The van der Waals surface area contributed by atoms with Crippen LogP contribution in [0.25, 0.3) is 0 Å². The molecule has 1 aromatic carbocycles.